The fourth-order valence-corrected chi connectivity index (χ4v) is 2.58. The monoisotopic (exact) mass is 258 g/mol. The Morgan fingerprint density at radius 3 is 2.63 bits per heavy atom. The normalized spacial score (nSPS) is 18.1. The highest BCUT2D eigenvalue weighted by Gasteiger charge is 2.28. The van der Waals surface area contributed by atoms with Crippen molar-refractivity contribution in [1.29, 1.82) is 0 Å². The molecule has 0 fully saturated rings. The van der Waals surface area contributed by atoms with E-state index in [-0.39, 0.29) is 11.7 Å². The molecule has 19 heavy (non-hydrogen) atoms. The van der Waals surface area contributed by atoms with Crippen LogP contribution in [0.2, 0.25) is 0 Å². The van der Waals surface area contributed by atoms with Gasteiger partial charge in [0.15, 0.2) is 5.78 Å². The highest BCUT2D eigenvalue weighted by molar-refractivity contribution is 6.00. The van der Waals surface area contributed by atoms with E-state index in [4.69, 9.17) is 4.74 Å². The molecule has 1 aromatic carbocycles. The van der Waals surface area contributed by atoms with Crippen LogP contribution in [0.5, 0.6) is 0 Å². The molecule has 0 saturated heterocycles. The zero-order chi connectivity index (χ0) is 13.7. The van der Waals surface area contributed by atoms with E-state index in [0.717, 1.165) is 37.0 Å². The zero-order valence-electron chi connectivity index (χ0n) is 11.8. The van der Waals surface area contributed by atoms with Crippen LogP contribution in [0.4, 0.5) is 0 Å². The summed E-state index contributed by atoms with van der Waals surface area (Å²) in [5.41, 5.74) is 1.97. The van der Waals surface area contributed by atoms with E-state index in [1.165, 1.54) is 0 Å². The van der Waals surface area contributed by atoms with Crippen LogP contribution >= 0.6 is 0 Å². The maximum atomic E-state index is 12.8. The molecule has 2 unspecified atom stereocenters. The molecule has 0 N–H and O–H groups in total. The van der Waals surface area contributed by atoms with Gasteiger partial charge in [-0.05, 0) is 24.3 Å². The number of rotatable bonds is 5. The average molecular weight is 258 g/mol. The lowest BCUT2D eigenvalue weighted by molar-refractivity contribution is -0.118. The van der Waals surface area contributed by atoms with Gasteiger partial charge < -0.3 is 4.74 Å². The highest BCUT2D eigenvalue weighted by Crippen LogP contribution is 2.32. The predicted molar refractivity (Wildman–Crippen MR) is 76.9 cm³/mol. The Bertz CT molecular complexity index is 448. The van der Waals surface area contributed by atoms with Crippen LogP contribution in [0.25, 0.3) is 0 Å². The molecule has 1 aliphatic heterocycles. The van der Waals surface area contributed by atoms with Crippen LogP contribution in [0.3, 0.4) is 0 Å². The molecule has 1 aliphatic rings. The Morgan fingerprint density at radius 1 is 1.32 bits per heavy atom. The number of carbonyl (C=O) groups excluding carboxylic acids is 1. The molecule has 2 rings (SSSR count). The van der Waals surface area contributed by atoms with Crippen molar-refractivity contribution < 1.29 is 9.53 Å². The van der Waals surface area contributed by atoms with Gasteiger partial charge in [0, 0.05) is 11.5 Å². The average Bonchev–Trinajstić information content (AvgIpc) is 2.49. The van der Waals surface area contributed by atoms with Gasteiger partial charge in [0.05, 0.1) is 12.9 Å². The molecule has 0 radical (unpaired) electrons. The summed E-state index contributed by atoms with van der Waals surface area (Å²) in [6.07, 6.45) is 4.46. The van der Waals surface area contributed by atoms with E-state index in [2.05, 4.69) is 26.0 Å². The van der Waals surface area contributed by atoms with Gasteiger partial charge in [-0.3, -0.25) is 4.79 Å². The Kier molecular flexibility index (Phi) is 4.78. The molecule has 0 saturated carbocycles. The lowest BCUT2D eigenvalue weighted by Crippen LogP contribution is -2.23. The first-order valence-corrected chi connectivity index (χ1v) is 7.13. The van der Waals surface area contributed by atoms with E-state index in [1.807, 2.05) is 18.2 Å². The Labute approximate surface area is 115 Å². The maximum absolute atomic E-state index is 12.8. The molecule has 0 aromatic heterocycles. The van der Waals surface area contributed by atoms with Crippen molar-refractivity contribution >= 4 is 5.78 Å². The minimum absolute atomic E-state index is 0.0425. The van der Waals surface area contributed by atoms with Crippen LogP contribution < -0.4 is 0 Å². The molecular weight excluding hydrogens is 236 g/mol. The fraction of sp³-hybridized carbons (Fsp3) is 0.471. The van der Waals surface area contributed by atoms with Crippen molar-refractivity contribution in [3.63, 3.8) is 0 Å². The number of Topliss-reactive ketones (excluding diaryl/α,β-unsaturated/α-hetero) is 1. The van der Waals surface area contributed by atoms with Crippen molar-refractivity contribution in [2.45, 2.75) is 39.0 Å². The number of carbonyl (C=O) groups is 1. The molecule has 0 aliphatic carbocycles. The third-order valence-corrected chi connectivity index (χ3v) is 3.90. The summed E-state index contributed by atoms with van der Waals surface area (Å²) in [7, 11) is 0. The van der Waals surface area contributed by atoms with Crippen molar-refractivity contribution in [2.75, 3.05) is 6.61 Å². The molecule has 0 bridgehead atoms. The minimum Gasteiger partial charge on any atom is -0.501 e. The Balaban J connectivity index is 2.28. The topological polar surface area (TPSA) is 26.3 Å². The van der Waals surface area contributed by atoms with Crippen molar-refractivity contribution in [3.05, 3.63) is 47.7 Å². The van der Waals surface area contributed by atoms with Crippen LogP contribution in [0.1, 0.15) is 44.6 Å². The first-order valence-electron chi connectivity index (χ1n) is 7.13. The summed E-state index contributed by atoms with van der Waals surface area (Å²) in [5, 5.41) is 0. The van der Waals surface area contributed by atoms with Crippen LogP contribution in [-0.2, 0) is 9.53 Å². The summed E-state index contributed by atoms with van der Waals surface area (Å²) >= 11 is 0. The maximum Gasteiger partial charge on any atom is 0.169 e. The second kappa shape index (κ2) is 6.55. The number of allylic oxidation sites excluding steroid dienone is 1. The van der Waals surface area contributed by atoms with Gasteiger partial charge in [-0.1, -0.05) is 50.6 Å². The molecule has 1 heterocycles. The summed E-state index contributed by atoms with van der Waals surface area (Å²) in [6, 6.07) is 10.1. The molecular formula is C17H22O2. The molecule has 2 atom stereocenters. The number of ether oxygens (including phenoxy) is 1. The van der Waals surface area contributed by atoms with Crippen LogP contribution in [0, 0.1) is 5.92 Å². The molecule has 102 valence electrons. The van der Waals surface area contributed by atoms with Crippen molar-refractivity contribution in [3.8, 4) is 0 Å². The molecule has 0 amide bonds. The van der Waals surface area contributed by atoms with E-state index < -0.39 is 0 Å². The summed E-state index contributed by atoms with van der Waals surface area (Å²) in [4.78, 5) is 12.8. The van der Waals surface area contributed by atoms with Gasteiger partial charge in [-0.15, -0.1) is 0 Å². The van der Waals surface area contributed by atoms with Gasteiger partial charge in [-0.2, -0.15) is 0 Å². The fourth-order valence-electron chi connectivity index (χ4n) is 2.58. The van der Waals surface area contributed by atoms with Gasteiger partial charge in [0.2, 0.25) is 0 Å². The summed E-state index contributed by atoms with van der Waals surface area (Å²) in [5.74, 6) is 0.539. The van der Waals surface area contributed by atoms with Gasteiger partial charge >= 0.3 is 0 Å². The number of hydrogen-bond donors (Lipinski definition) is 0. The third kappa shape index (κ3) is 3.25. The standard InChI is InChI=1S/C17H22O2/c1-3-13(2)16(14-8-5-4-6-9-14)17(18)15-10-7-11-19-12-15/h4-6,8-9,12-13,16H,3,7,10-11H2,1-2H3. The highest BCUT2D eigenvalue weighted by atomic mass is 16.5. The van der Waals surface area contributed by atoms with Crippen LogP contribution in [0.15, 0.2) is 42.2 Å². The SMILES string of the molecule is CCC(C)C(C(=O)C1=COCCC1)c1ccccc1. The lowest BCUT2D eigenvalue weighted by Gasteiger charge is -2.24. The number of benzene rings is 1. The van der Waals surface area contributed by atoms with Crippen molar-refractivity contribution in [2.24, 2.45) is 5.92 Å². The second-order valence-electron chi connectivity index (χ2n) is 5.26. The van der Waals surface area contributed by atoms with Crippen LogP contribution in [-0.4, -0.2) is 12.4 Å². The molecule has 1 aromatic rings. The predicted octanol–water partition coefficient (Wildman–Crippen LogP) is 4.08. The third-order valence-electron chi connectivity index (χ3n) is 3.90. The first-order chi connectivity index (χ1) is 9.24. The van der Waals surface area contributed by atoms with E-state index in [0.29, 0.717) is 5.92 Å². The Morgan fingerprint density at radius 2 is 2.05 bits per heavy atom. The minimum atomic E-state index is -0.0425. The quantitative estimate of drug-likeness (QED) is 0.795. The molecule has 0 spiro atoms. The lowest BCUT2D eigenvalue weighted by atomic mass is 9.79. The molecule has 2 nitrogen and oxygen atoms in total. The largest absolute Gasteiger partial charge is 0.501 e. The number of ketones is 1. The summed E-state index contributed by atoms with van der Waals surface area (Å²) in [6.45, 7) is 5.02. The van der Waals surface area contributed by atoms with E-state index in [9.17, 15) is 4.79 Å². The van der Waals surface area contributed by atoms with Crippen molar-refractivity contribution in [1.82, 2.24) is 0 Å². The molecule has 2 heteroatoms. The smallest absolute Gasteiger partial charge is 0.169 e. The van der Waals surface area contributed by atoms with Gasteiger partial charge in [0.1, 0.15) is 0 Å². The van der Waals surface area contributed by atoms with Gasteiger partial charge in [0.25, 0.3) is 0 Å². The second-order valence-corrected chi connectivity index (χ2v) is 5.26. The van der Waals surface area contributed by atoms with Gasteiger partial charge in [-0.25, -0.2) is 0 Å². The zero-order valence-corrected chi connectivity index (χ0v) is 11.8. The first kappa shape index (κ1) is 13.9. The van der Waals surface area contributed by atoms with E-state index >= 15 is 0 Å². The number of hydrogen-bond acceptors (Lipinski definition) is 2. The summed E-state index contributed by atoms with van der Waals surface area (Å²) < 4.78 is 5.32. The van der Waals surface area contributed by atoms with E-state index in [1.54, 1.807) is 6.26 Å². The Hall–Kier alpha value is -1.57.